The van der Waals surface area contributed by atoms with Crippen molar-refractivity contribution in [1.29, 1.82) is 0 Å². The zero-order chi connectivity index (χ0) is 41.7. The van der Waals surface area contributed by atoms with E-state index in [1.54, 1.807) is 0 Å². The van der Waals surface area contributed by atoms with Crippen molar-refractivity contribution in [3.8, 4) is 46.0 Å². The van der Waals surface area contributed by atoms with Gasteiger partial charge in [-0.3, -0.25) is 0 Å². The van der Waals surface area contributed by atoms with Crippen LogP contribution in [-0.4, -0.2) is 37.4 Å². The molecule has 0 saturated carbocycles. The van der Waals surface area contributed by atoms with Crippen LogP contribution in [0.5, 0.6) is 46.0 Å². The molecule has 2 N–H and O–H groups in total. The Morgan fingerprint density at radius 3 is 0.750 bits per heavy atom. The summed E-state index contributed by atoms with van der Waals surface area (Å²) in [6.07, 6.45) is 6.64. The van der Waals surface area contributed by atoms with Gasteiger partial charge in [0.1, 0.15) is 46.0 Å². The Bertz CT molecular complexity index is 1850. The van der Waals surface area contributed by atoms with Crippen molar-refractivity contribution in [3.05, 3.63) is 91.0 Å². The molecule has 4 aromatic carbocycles. The van der Waals surface area contributed by atoms with E-state index >= 15 is 0 Å². The van der Waals surface area contributed by atoms with E-state index in [1.807, 2.05) is 0 Å². The summed E-state index contributed by atoms with van der Waals surface area (Å²) >= 11 is 9.88. The maximum absolute atomic E-state index is 11.3. The number of rotatable bonds is 12. The molecular weight excluding hydrogens is 801 g/mol. The lowest BCUT2D eigenvalue weighted by atomic mass is 9.74. The van der Waals surface area contributed by atoms with Gasteiger partial charge in [0, 0.05) is 90.8 Å². The van der Waals surface area contributed by atoms with Crippen LogP contribution in [0, 0.1) is 0 Å². The summed E-state index contributed by atoms with van der Waals surface area (Å²) in [6.45, 7) is 7.80. The lowest BCUT2D eigenvalue weighted by Gasteiger charge is -2.37. The molecule has 0 aromatic heterocycles. The maximum atomic E-state index is 11.3. The average Bonchev–Trinajstić information content (AvgIpc) is 3.24. The highest BCUT2D eigenvalue weighted by Gasteiger charge is 2.41. The second kappa shape index (κ2) is 17.3. The van der Waals surface area contributed by atoms with Crippen molar-refractivity contribution < 1.29 is 48.1 Å². The highest BCUT2D eigenvalue weighted by molar-refractivity contribution is 7.79. The van der Waals surface area contributed by atoms with Crippen LogP contribution in [0.4, 0.5) is 0 Å². The largest absolute Gasteiger partial charge is 0.457 e. The number of ether oxygens (including phenoxy) is 8. The van der Waals surface area contributed by atoms with Crippen molar-refractivity contribution >= 4 is 25.3 Å². The molecule has 0 fully saturated rings. The molecule has 4 atom stereocenters. The average molecular weight is 857 g/mol. The molecule has 8 bridgehead atoms. The Morgan fingerprint density at radius 1 is 0.383 bits per heavy atom. The fourth-order valence-electron chi connectivity index (χ4n) is 10.7. The minimum atomic E-state index is -0.298. The van der Waals surface area contributed by atoms with Crippen molar-refractivity contribution in [2.75, 3.05) is 27.2 Å². The summed E-state index contributed by atoms with van der Waals surface area (Å²) in [5, 5.41) is 22.7. The zero-order valence-corrected chi connectivity index (χ0v) is 36.8. The second-order valence-electron chi connectivity index (χ2n) is 16.4. The topological polar surface area (TPSA) is 114 Å². The fraction of sp³-hybridized carbons (Fsp3) is 0.500. The maximum Gasteiger partial charge on any atom is 0.230 e. The Kier molecular flexibility index (Phi) is 11.9. The standard InChI is InChI=1S/C48H56O10S2/c1-5-9-25-29-13-30-26(10-6-2)35-16-36-28(12-8-4)32-14-31-27(11-7-3)34-15-33(25)45-39(19-59)46(34)56-23-53-43(31)38(18-50)44(32)54-24-58-48(36)40(20-60)47(35)57-22-52-42(30)37(17-49)41(29)51-21-55-45/h13-16,25-28,49-50,59-60H,5-12,17-24H2,1-4H3/t25-,26-,27+,28+. The summed E-state index contributed by atoms with van der Waals surface area (Å²) < 4.78 is 53.0. The van der Waals surface area contributed by atoms with E-state index < -0.39 is 0 Å². The fourth-order valence-corrected chi connectivity index (χ4v) is 11.2. The van der Waals surface area contributed by atoms with Gasteiger partial charge < -0.3 is 48.1 Å². The molecule has 4 aliphatic heterocycles. The van der Waals surface area contributed by atoms with Crippen LogP contribution < -0.4 is 37.9 Å². The molecule has 4 heterocycles. The van der Waals surface area contributed by atoms with E-state index in [-0.39, 0.29) is 64.1 Å². The summed E-state index contributed by atoms with van der Waals surface area (Å²) in [7, 11) is 0. The van der Waals surface area contributed by atoms with Crippen LogP contribution in [0.1, 0.15) is 169 Å². The lowest BCUT2D eigenvalue weighted by molar-refractivity contribution is 0.0917. The summed E-state index contributed by atoms with van der Waals surface area (Å²) in [5.74, 6) is 5.07. The van der Waals surface area contributed by atoms with Gasteiger partial charge in [-0.15, -0.1) is 0 Å². The first kappa shape index (κ1) is 41.3. The first-order valence-electron chi connectivity index (χ1n) is 21.7. The molecule has 4 aromatic rings. The molecular formula is C48H56O10S2. The summed E-state index contributed by atoms with van der Waals surface area (Å²) in [5.41, 5.74) is 10.9. The molecule has 0 unspecified atom stereocenters. The van der Waals surface area contributed by atoms with Crippen LogP contribution in [-0.2, 0) is 24.7 Å². The Labute approximate surface area is 363 Å². The first-order chi connectivity index (χ1) is 29.5. The second-order valence-corrected chi connectivity index (χ2v) is 17.0. The van der Waals surface area contributed by atoms with E-state index in [1.165, 1.54) is 0 Å². The number of hydrogen-bond donors (Lipinski definition) is 4. The molecule has 12 heteroatoms. The van der Waals surface area contributed by atoms with Gasteiger partial charge in [0.2, 0.25) is 27.2 Å². The van der Waals surface area contributed by atoms with Crippen LogP contribution in [0.25, 0.3) is 0 Å². The van der Waals surface area contributed by atoms with Crippen molar-refractivity contribution in [1.82, 2.24) is 0 Å². The van der Waals surface area contributed by atoms with Crippen molar-refractivity contribution in [3.63, 3.8) is 0 Å². The van der Waals surface area contributed by atoms with Gasteiger partial charge in [0.25, 0.3) is 0 Å². The lowest BCUT2D eigenvalue weighted by Crippen LogP contribution is -2.25. The van der Waals surface area contributed by atoms with Crippen molar-refractivity contribution in [2.24, 2.45) is 0 Å². The first-order valence-corrected chi connectivity index (χ1v) is 23.0. The summed E-state index contributed by atoms with van der Waals surface area (Å²) in [6, 6.07) is 9.14. The van der Waals surface area contributed by atoms with Gasteiger partial charge in [-0.2, -0.15) is 25.3 Å². The predicted molar refractivity (Wildman–Crippen MR) is 234 cm³/mol. The van der Waals surface area contributed by atoms with E-state index in [9.17, 15) is 10.2 Å². The van der Waals surface area contributed by atoms with Crippen molar-refractivity contribution in [2.45, 2.75) is 127 Å². The normalized spacial score (nSPS) is 20.3. The Morgan fingerprint density at radius 2 is 0.583 bits per heavy atom. The minimum Gasteiger partial charge on any atom is -0.457 e. The van der Waals surface area contributed by atoms with Gasteiger partial charge >= 0.3 is 0 Å². The van der Waals surface area contributed by atoms with Gasteiger partial charge in [-0.1, -0.05) is 53.4 Å². The highest BCUT2D eigenvalue weighted by Crippen LogP contribution is 2.58. The third kappa shape index (κ3) is 6.54. The van der Waals surface area contributed by atoms with Crippen LogP contribution >= 0.6 is 25.3 Å². The van der Waals surface area contributed by atoms with E-state index in [4.69, 9.17) is 63.2 Å². The molecule has 9 rings (SSSR count). The molecule has 60 heavy (non-hydrogen) atoms. The molecule has 0 spiro atoms. The summed E-state index contributed by atoms with van der Waals surface area (Å²) in [4.78, 5) is 0. The number of benzene rings is 4. The number of thiol groups is 2. The zero-order valence-electron chi connectivity index (χ0n) is 35.0. The molecule has 0 saturated heterocycles. The molecule has 0 amide bonds. The predicted octanol–water partition coefficient (Wildman–Crippen LogP) is 10.5. The molecule has 0 radical (unpaired) electrons. The van der Waals surface area contributed by atoms with Gasteiger partial charge in [0.15, 0.2) is 0 Å². The number of aliphatic hydroxyl groups is 2. The third-order valence-electron chi connectivity index (χ3n) is 13.1. The smallest absolute Gasteiger partial charge is 0.230 e. The third-order valence-corrected chi connectivity index (χ3v) is 13.7. The highest BCUT2D eigenvalue weighted by atomic mass is 32.1. The minimum absolute atomic E-state index is 0.0953. The SMILES string of the molecule is CCC[C@@H]1c2cc3c4c(CO)c2OCOc2c1cc1c(c2CS)OCOc2c(cc5c(c2CO)OCOc2c(cc(c(c2CS)OCO4)[C@@H]3CCC)[C@H]5CCC)[C@@H]1CCC. The van der Waals surface area contributed by atoms with Gasteiger partial charge in [-0.05, 0) is 49.9 Å². The molecule has 320 valence electrons. The quantitative estimate of drug-likeness (QED) is 0.103. The van der Waals surface area contributed by atoms with Crippen LogP contribution in [0.3, 0.4) is 0 Å². The van der Waals surface area contributed by atoms with E-state index in [0.29, 0.717) is 68.6 Å². The van der Waals surface area contributed by atoms with Gasteiger partial charge in [-0.25, -0.2) is 0 Å². The Hall–Kier alpha value is -4.10. The molecule has 5 aliphatic rings. The van der Waals surface area contributed by atoms with E-state index in [0.717, 1.165) is 107 Å². The van der Waals surface area contributed by atoms with E-state index in [2.05, 4.69) is 52.0 Å². The molecule has 1 aliphatic carbocycles. The number of hydrogen-bond acceptors (Lipinski definition) is 12. The van der Waals surface area contributed by atoms with Crippen LogP contribution in [0.2, 0.25) is 0 Å². The number of aliphatic hydroxyl groups excluding tert-OH is 2. The molecule has 10 nitrogen and oxygen atoms in total. The van der Waals surface area contributed by atoms with Crippen LogP contribution in [0.15, 0.2) is 24.3 Å². The Balaban J connectivity index is 1.50. The van der Waals surface area contributed by atoms with Gasteiger partial charge in [0.05, 0.1) is 24.3 Å². The monoisotopic (exact) mass is 856 g/mol.